The lowest BCUT2D eigenvalue weighted by Crippen LogP contribution is -2.24. The minimum atomic E-state index is -4.15. The summed E-state index contributed by atoms with van der Waals surface area (Å²) in [5.41, 5.74) is 6.63. The van der Waals surface area contributed by atoms with Gasteiger partial charge in [0.2, 0.25) is 10.0 Å². The molecule has 2 aromatic rings. The number of halogens is 2. The first-order valence-corrected chi connectivity index (χ1v) is 7.16. The minimum absolute atomic E-state index is 0.106. The molecule has 0 saturated carbocycles. The Bertz CT molecular complexity index is 733. The molecule has 2 rings (SSSR count). The highest BCUT2D eigenvalue weighted by Gasteiger charge is 2.19. The van der Waals surface area contributed by atoms with Crippen molar-refractivity contribution in [1.82, 2.24) is 4.72 Å². The van der Waals surface area contributed by atoms with E-state index in [1.165, 1.54) is 0 Å². The molecule has 7 heteroatoms. The Kier molecular flexibility index (Phi) is 4.01. The molecule has 0 radical (unpaired) electrons. The third kappa shape index (κ3) is 3.12. The van der Waals surface area contributed by atoms with Crippen molar-refractivity contribution in [1.29, 1.82) is 0 Å². The van der Waals surface area contributed by atoms with E-state index >= 15 is 0 Å². The SMILES string of the molecule is Nc1ccccc1CNS(=O)(=O)c1cc(F)ccc1F. The molecule has 4 nitrogen and oxygen atoms in total. The second kappa shape index (κ2) is 5.56. The number of hydrogen-bond donors (Lipinski definition) is 2. The molecular weight excluding hydrogens is 286 g/mol. The summed E-state index contributed by atoms with van der Waals surface area (Å²) >= 11 is 0. The third-order valence-corrected chi connectivity index (χ3v) is 4.11. The van der Waals surface area contributed by atoms with Crippen LogP contribution in [0, 0.1) is 11.6 Å². The highest BCUT2D eigenvalue weighted by Crippen LogP contribution is 2.17. The topological polar surface area (TPSA) is 72.2 Å². The van der Waals surface area contributed by atoms with Crippen LogP contribution in [0.3, 0.4) is 0 Å². The normalized spacial score (nSPS) is 11.5. The van der Waals surface area contributed by atoms with Crippen molar-refractivity contribution < 1.29 is 17.2 Å². The number of hydrogen-bond acceptors (Lipinski definition) is 3. The fraction of sp³-hybridized carbons (Fsp3) is 0.0769. The fourth-order valence-corrected chi connectivity index (χ4v) is 2.72. The second-order valence-electron chi connectivity index (χ2n) is 4.10. The number of nitrogens with one attached hydrogen (secondary N) is 1. The quantitative estimate of drug-likeness (QED) is 0.848. The van der Waals surface area contributed by atoms with Gasteiger partial charge >= 0.3 is 0 Å². The predicted molar refractivity (Wildman–Crippen MR) is 71.2 cm³/mol. The summed E-state index contributed by atoms with van der Waals surface area (Å²) in [4.78, 5) is -0.730. The zero-order valence-electron chi connectivity index (χ0n) is 10.3. The maximum Gasteiger partial charge on any atom is 0.243 e. The van der Waals surface area contributed by atoms with Crippen LogP contribution in [-0.4, -0.2) is 8.42 Å². The minimum Gasteiger partial charge on any atom is -0.398 e. The van der Waals surface area contributed by atoms with Crippen molar-refractivity contribution >= 4 is 15.7 Å². The van der Waals surface area contributed by atoms with Crippen molar-refractivity contribution in [2.45, 2.75) is 11.4 Å². The summed E-state index contributed by atoms with van der Waals surface area (Å²) in [7, 11) is -4.15. The second-order valence-corrected chi connectivity index (χ2v) is 5.83. The number of sulfonamides is 1. The molecule has 0 aliphatic heterocycles. The number of anilines is 1. The molecule has 0 unspecified atom stereocenters. The molecule has 0 heterocycles. The van der Waals surface area contributed by atoms with Gasteiger partial charge in [-0.05, 0) is 29.8 Å². The van der Waals surface area contributed by atoms with Gasteiger partial charge in [0.15, 0.2) is 0 Å². The lowest BCUT2D eigenvalue weighted by atomic mass is 10.2. The van der Waals surface area contributed by atoms with Crippen LogP contribution >= 0.6 is 0 Å². The number of nitrogen functional groups attached to an aromatic ring is 1. The summed E-state index contributed by atoms with van der Waals surface area (Å²) in [5, 5.41) is 0. The highest BCUT2D eigenvalue weighted by molar-refractivity contribution is 7.89. The van der Waals surface area contributed by atoms with Gasteiger partial charge in [-0.2, -0.15) is 0 Å². The van der Waals surface area contributed by atoms with Gasteiger partial charge in [0.1, 0.15) is 16.5 Å². The standard InChI is InChI=1S/C13H12F2N2O2S/c14-10-5-6-11(15)13(7-10)20(18,19)17-8-9-3-1-2-4-12(9)16/h1-7,17H,8,16H2. The van der Waals surface area contributed by atoms with Gasteiger partial charge in [0.05, 0.1) is 0 Å². The van der Waals surface area contributed by atoms with Gasteiger partial charge in [0, 0.05) is 12.2 Å². The van der Waals surface area contributed by atoms with Crippen LogP contribution in [0.15, 0.2) is 47.4 Å². The Balaban J connectivity index is 2.24. The lowest BCUT2D eigenvalue weighted by molar-refractivity contribution is 0.545. The van der Waals surface area contributed by atoms with Crippen molar-refractivity contribution in [2.24, 2.45) is 0 Å². The molecule has 0 saturated heterocycles. The van der Waals surface area contributed by atoms with E-state index in [0.717, 1.165) is 12.1 Å². The zero-order chi connectivity index (χ0) is 14.8. The van der Waals surface area contributed by atoms with Crippen LogP contribution in [0.5, 0.6) is 0 Å². The Hall–Kier alpha value is -1.99. The number of benzene rings is 2. The van der Waals surface area contributed by atoms with Gasteiger partial charge in [0.25, 0.3) is 0 Å². The van der Waals surface area contributed by atoms with E-state index in [9.17, 15) is 17.2 Å². The maximum absolute atomic E-state index is 13.5. The highest BCUT2D eigenvalue weighted by atomic mass is 32.2. The van der Waals surface area contributed by atoms with Gasteiger partial charge in [-0.25, -0.2) is 21.9 Å². The average Bonchev–Trinajstić information content (AvgIpc) is 2.40. The molecule has 20 heavy (non-hydrogen) atoms. The van der Waals surface area contributed by atoms with Gasteiger partial charge in [-0.3, -0.25) is 0 Å². The smallest absolute Gasteiger partial charge is 0.243 e. The molecule has 0 aliphatic rings. The van der Waals surface area contributed by atoms with E-state index in [0.29, 0.717) is 17.3 Å². The number of para-hydroxylation sites is 1. The molecule has 0 fully saturated rings. The molecular formula is C13H12F2N2O2S. The van der Waals surface area contributed by atoms with Crippen molar-refractivity contribution in [3.05, 3.63) is 59.7 Å². The Morgan fingerprint density at radius 3 is 2.50 bits per heavy atom. The largest absolute Gasteiger partial charge is 0.398 e. The van der Waals surface area contributed by atoms with E-state index < -0.39 is 26.6 Å². The summed E-state index contributed by atoms with van der Waals surface area (Å²) in [5.74, 6) is -1.84. The average molecular weight is 298 g/mol. The summed E-state index contributed by atoms with van der Waals surface area (Å²) in [6, 6.07) is 8.91. The molecule has 106 valence electrons. The predicted octanol–water partition coefficient (Wildman–Crippen LogP) is 2.03. The fourth-order valence-electron chi connectivity index (χ4n) is 1.63. The Morgan fingerprint density at radius 2 is 1.80 bits per heavy atom. The van der Waals surface area contributed by atoms with Crippen LogP contribution in [-0.2, 0) is 16.6 Å². The molecule has 0 spiro atoms. The molecule has 0 aromatic heterocycles. The van der Waals surface area contributed by atoms with E-state index in [1.54, 1.807) is 24.3 Å². The van der Waals surface area contributed by atoms with Crippen LogP contribution in [0.2, 0.25) is 0 Å². The summed E-state index contributed by atoms with van der Waals surface area (Å²) in [6.45, 7) is -0.106. The maximum atomic E-state index is 13.5. The first-order chi connectivity index (χ1) is 9.40. The van der Waals surface area contributed by atoms with E-state index in [4.69, 9.17) is 5.73 Å². The third-order valence-electron chi connectivity index (χ3n) is 2.69. The van der Waals surface area contributed by atoms with Crippen molar-refractivity contribution in [3.8, 4) is 0 Å². The van der Waals surface area contributed by atoms with Gasteiger partial charge in [-0.1, -0.05) is 18.2 Å². The van der Waals surface area contributed by atoms with Crippen LogP contribution in [0.4, 0.5) is 14.5 Å². The molecule has 3 N–H and O–H groups in total. The zero-order valence-corrected chi connectivity index (χ0v) is 11.1. The van der Waals surface area contributed by atoms with Crippen LogP contribution < -0.4 is 10.5 Å². The summed E-state index contributed by atoms with van der Waals surface area (Å²) in [6.07, 6.45) is 0. The molecule has 0 atom stereocenters. The molecule has 0 amide bonds. The van der Waals surface area contributed by atoms with Gasteiger partial charge in [-0.15, -0.1) is 0 Å². The monoisotopic (exact) mass is 298 g/mol. The van der Waals surface area contributed by atoms with Gasteiger partial charge < -0.3 is 5.73 Å². The molecule has 0 bridgehead atoms. The van der Waals surface area contributed by atoms with E-state index in [2.05, 4.69) is 4.72 Å². The summed E-state index contributed by atoms with van der Waals surface area (Å²) < 4.78 is 52.5. The Morgan fingerprint density at radius 1 is 1.10 bits per heavy atom. The van der Waals surface area contributed by atoms with E-state index in [1.807, 2.05) is 0 Å². The number of nitrogens with two attached hydrogens (primary N) is 1. The Labute approximate surface area is 115 Å². The van der Waals surface area contributed by atoms with Crippen molar-refractivity contribution in [3.63, 3.8) is 0 Å². The van der Waals surface area contributed by atoms with Crippen LogP contribution in [0.1, 0.15) is 5.56 Å². The van der Waals surface area contributed by atoms with Crippen LogP contribution in [0.25, 0.3) is 0 Å². The molecule has 0 aliphatic carbocycles. The lowest BCUT2D eigenvalue weighted by Gasteiger charge is -2.09. The molecule has 2 aromatic carbocycles. The van der Waals surface area contributed by atoms with Crippen molar-refractivity contribution in [2.75, 3.05) is 5.73 Å². The first kappa shape index (κ1) is 14.4. The first-order valence-electron chi connectivity index (χ1n) is 5.68. The number of rotatable bonds is 4. The van der Waals surface area contributed by atoms with E-state index in [-0.39, 0.29) is 6.54 Å².